The third-order valence-corrected chi connectivity index (χ3v) is 4.46. The highest BCUT2D eigenvalue weighted by Crippen LogP contribution is 2.18. The summed E-state index contributed by atoms with van der Waals surface area (Å²) in [7, 11) is 0. The lowest BCUT2D eigenvalue weighted by Gasteiger charge is -2.35. The Balaban J connectivity index is 0.00000364. The van der Waals surface area contributed by atoms with E-state index in [4.69, 9.17) is 10.5 Å². The summed E-state index contributed by atoms with van der Waals surface area (Å²) in [5, 5.41) is 2.84. The van der Waals surface area contributed by atoms with E-state index in [1.165, 1.54) is 6.92 Å². The minimum atomic E-state index is -0.115. The molecule has 1 fully saturated rings. The van der Waals surface area contributed by atoms with Gasteiger partial charge in [0.25, 0.3) is 5.91 Å². The standard InChI is InChI=1S/C19H27N3O4.ClH/c1-14(23)15-5-4-7-17(11-15)26-13-19(25)22-10-3-2-6-16(22)12-21-18(24)8-9-20;/h4-5,7,11,16H,2-3,6,8-10,12-13,20H2,1H3,(H,21,24);1H. The molecule has 1 atom stereocenters. The molecule has 1 aliphatic rings. The molecule has 0 aromatic heterocycles. The Kier molecular flexibility index (Phi) is 9.82. The predicted molar refractivity (Wildman–Crippen MR) is 105 cm³/mol. The first kappa shape index (κ1) is 22.9. The van der Waals surface area contributed by atoms with E-state index in [1.807, 2.05) is 0 Å². The summed E-state index contributed by atoms with van der Waals surface area (Å²) in [5.74, 6) is 0.237. The van der Waals surface area contributed by atoms with Gasteiger partial charge in [0.15, 0.2) is 12.4 Å². The van der Waals surface area contributed by atoms with E-state index < -0.39 is 0 Å². The molecule has 1 heterocycles. The molecular weight excluding hydrogens is 370 g/mol. The van der Waals surface area contributed by atoms with Crippen molar-refractivity contribution in [2.24, 2.45) is 5.73 Å². The first-order chi connectivity index (χ1) is 12.5. The van der Waals surface area contributed by atoms with E-state index in [1.54, 1.807) is 29.2 Å². The predicted octanol–water partition coefficient (Wildman–Crippen LogP) is 1.54. The molecule has 1 aromatic rings. The summed E-state index contributed by atoms with van der Waals surface area (Å²) >= 11 is 0. The molecule has 27 heavy (non-hydrogen) atoms. The Morgan fingerprint density at radius 3 is 2.78 bits per heavy atom. The molecule has 0 aliphatic carbocycles. The van der Waals surface area contributed by atoms with Gasteiger partial charge < -0.3 is 20.7 Å². The van der Waals surface area contributed by atoms with Gasteiger partial charge in [-0.05, 0) is 38.3 Å². The number of likely N-dealkylation sites (tertiary alicyclic amines) is 1. The number of ketones is 1. The molecule has 0 spiro atoms. The minimum Gasteiger partial charge on any atom is -0.484 e. The highest BCUT2D eigenvalue weighted by molar-refractivity contribution is 5.94. The molecule has 7 nitrogen and oxygen atoms in total. The second-order valence-electron chi connectivity index (χ2n) is 6.45. The smallest absolute Gasteiger partial charge is 0.260 e. The van der Waals surface area contributed by atoms with Gasteiger partial charge in [-0.3, -0.25) is 14.4 Å². The Hall–Kier alpha value is -2.12. The van der Waals surface area contributed by atoms with Crippen LogP contribution in [-0.2, 0) is 9.59 Å². The normalized spacial score (nSPS) is 16.2. The average Bonchev–Trinajstić information content (AvgIpc) is 2.65. The molecule has 1 saturated heterocycles. The number of halogens is 1. The maximum absolute atomic E-state index is 12.6. The lowest BCUT2D eigenvalue weighted by Crippen LogP contribution is -2.50. The van der Waals surface area contributed by atoms with E-state index in [0.29, 0.717) is 30.9 Å². The van der Waals surface area contributed by atoms with Gasteiger partial charge in [-0.25, -0.2) is 0 Å². The molecule has 8 heteroatoms. The molecular formula is C19H28ClN3O4. The van der Waals surface area contributed by atoms with Crippen LogP contribution >= 0.6 is 12.4 Å². The van der Waals surface area contributed by atoms with Crippen molar-refractivity contribution >= 4 is 30.0 Å². The van der Waals surface area contributed by atoms with E-state index in [2.05, 4.69) is 5.32 Å². The van der Waals surface area contributed by atoms with Crippen molar-refractivity contribution in [1.82, 2.24) is 10.2 Å². The lowest BCUT2D eigenvalue weighted by molar-refractivity contribution is -0.137. The number of carbonyl (C=O) groups excluding carboxylic acids is 3. The fraction of sp³-hybridized carbons (Fsp3) is 0.526. The van der Waals surface area contributed by atoms with Gasteiger partial charge in [-0.15, -0.1) is 12.4 Å². The van der Waals surface area contributed by atoms with Crippen molar-refractivity contribution in [3.63, 3.8) is 0 Å². The number of nitrogens with zero attached hydrogens (tertiary/aromatic N) is 1. The number of amides is 2. The molecule has 0 bridgehead atoms. The maximum atomic E-state index is 12.6. The average molecular weight is 398 g/mol. The van der Waals surface area contributed by atoms with Crippen LogP contribution in [0.15, 0.2) is 24.3 Å². The molecule has 1 aliphatic heterocycles. The topological polar surface area (TPSA) is 102 Å². The SMILES string of the molecule is CC(=O)c1cccc(OCC(=O)N2CCCCC2CNC(=O)CCN)c1.Cl. The zero-order valence-electron chi connectivity index (χ0n) is 15.6. The number of ether oxygens (including phenoxy) is 1. The highest BCUT2D eigenvalue weighted by atomic mass is 35.5. The lowest BCUT2D eigenvalue weighted by atomic mass is 10.0. The van der Waals surface area contributed by atoms with Crippen molar-refractivity contribution in [2.45, 2.75) is 38.6 Å². The number of Topliss-reactive ketones (excluding diaryl/α,β-unsaturated/α-hetero) is 1. The third-order valence-electron chi connectivity index (χ3n) is 4.46. The summed E-state index contributed by atoms with van der Waals surface area (Å²) in [6, 6.07) is 6.77. The number of carbonyl (C=O) groups is 3. The second kappa shape index (κ2) is 11.6. The van der Waals surface area contributed by atoms with Crippen molar-refractivity contribution in [3.05, 3.63) is 29.8 Å². The number of piperidine rings is 1. The molecule has 2 amide bonds. The first-order valence-electron chi connectivity index (χ1n) is 9.01. The van der Waals surface area contributed by atoms with E-state index in [9.17, 15) is 14.4 Å². The zero-order valence-corrected chi connectivity index (χ0v) is 16.4. The van der Waals surface area contributed by atoms with Gasteiger partial charge in [0, 0.05) is 37.7 Å². The maximum Gasteiger partial charge on any atom is 0.260 e. The molecule has 3 N–H and O–H groups in total. The number of benzene rings is 1. The van der Waals surface area contributed by atoms with Crippen molar-refractivity contribution in [1.29, 1.82) is 0 Å². The molecule has 2 rings (SSSR count). The molecule has 0 saturated carbocycles. The van der Waals surface area contributed by atoms with E-state index >= 15 is 0 Å². The van der Waals surface area contributed by atoms with Crippen molar-refractivity contribution in [3.8, 4) is 5.75 Å². The van der Waals surface area contributed by atoms with Crippen LogP contribution in [0.3, 0.4) is 0 Å². The van der Waals surface area contributed by atoms with Gasteiger partial charge in [0.2, 0.25) is 5.91 Å². The number of nitrogens with one attached hydrogen (secondary N) is 1. The first-order valence-corrected chi connectivity index (χ1v) is 9.01. The van der Waals surface area contributed by atoms with Gasteiger partial charge in [-0.2, -0.15) is 0 Å². The van der Waals surface area contributed by atoms with Crippen LogP contribution in [-0.4, -0.2) is 54.8 Å². The second-order valence-corrected chi connectivity index (χ2v) is 6.45. The van der Waals surface area contributed by atoms with Crippen LogP contribution in [0.4, 0.5) is 0 Å². The van der Waals surface area contributed by atoms with Crippen LogP contribution in [0.5, 0.6) is 5.75 Å². The summed E-state index contributed by atoms with van der Waals surface area (Å²) < 4.78 is 5.58. The Morgan fingerprint density at radius 2 is 2.07 bits per heavy atom. The van der Waals surface area contributed by atoms with Gasteiger partial charge >= 0.3 is 0 Å². The largest absolute Gasteiger partial charge is 0.484 e. The van der Waals surface area contributed by atoms with Crippen LogP contribution in [0.2, 0.25) is 0 Å². The fourth-order valence-corrected chi connectivity index (χ4v) is 3.03. The van der Waals surface area contributed by atoms with Crippen LogP contribution in [0.1, 0.15) is 43.0 Å². The van der Waals surface area contributed by atoms with Gasteiger partial charge in [0.1, 0.15) is 5.75 Å². The Morgan fingerprint density at radius 1 is 1.30 bits per heavy atom. The summed E-state index contributed by atoms with van der Waals surface area (Å²) in [6.07, 6.45) is 3.12. The Labute approximate surface area is 166 Å². The highest BCUT2D eigenvalue weighted by Gasteiger charge is 2.27. The van der Waals surface area contributed by atoms with Crippen molar-refractivity contribution < 1.29 is 19.1 Å². The van der Waals surface area contributed by atoms with Crippen LogP contribution in [0.25, 0.3) is 0 Å². The third kappa shape index (κ3) is 7.19. The minimum absolute atomic E-state index is 0. The van der Waals surface area contributed by atoms with E-state index in [-0.39, 0.29) is 49.1 Å². The number of hydrogen-bond acceptors (Lipinski definition) is 5. The fourth-order valence-electron chi connectivity index (χ4n) is 3.03. The number of nitrogens with two attached hydrogens (primary N) is 1. The summed E-state index contributed by atoms with van der Waals surface area (Å²) in [6.45, 7) is 2.81. The summed E-state index contributed by atoms with van der Waals surface area (Å²) in [5.41, 5.74) is 5.92. The number of hydrogen-bond donors (Lipinski definition) is 2. The van der Waals surface area contributed by atoms with Crippen molar-refractivity contribution in [2.75, 3.05) is 26.2 Å². The quantitative estimate of drug-likeness (QED) is 0.648. The van der Waals surface area contributed by atoms with Gasteiger partial charge in [-0.1, -0.05) is 12.1 Å². The van der Waals surface area contributed by atoms with Crippen LogP contribution in [0, 0.1) is 0 Å². The summed E-state index contributed by atoms with van der Waals surface area (Å²) in [4.78, 5) is 37.4. The molecule has 0 radical (unpaired) electrons. The molecule has 1 aromatic carbocycles. The zero-order chi connectivity index (χ0) is 18.9. The van der Waals surface area contributed by atoms with Crippen LogP contribution < -0.4 is 15.8 Å². The van der Waals surface area contributed by atoms with E-state index in [0.717, 1.165) is 19.3 Å². The monoisotopic (exact) mass is 397 g/mol. The number of rotatable bonds is 8. The molecule has 1 unspecified atom stereocenters. The van der Waals surface area contributed by atoms with Gasteiger partial charge in [0.05, 0.1) is 0 Å². The molecule has 150 valence electrons. The Bertz CT molecular complexity index is 654.